The van der Waals surface area contributed by atoms with E-state index >= 15 is 0 Å². The van der Waals surface area contributed by atoms with Crippen LogP contribution in [0.5, 0.6) is 0 Å². The van der Waals surface area contributed by atoms with Crippen molar-refractivity contribution < 1.29 is 9.53 Å². The van der Waals surface area contributed by atoms with Gasteiger partial charge < -0.3 is 9.72 Å². The van der Waals surface area contributed by atoms with E-state index in [9.17, 15) is 4.79 Å². The van der Waals surface area contributed by atoms with Gasteiger partial charge in [-0.15, -0.1) is 0 Å². The van der Waals surface area contributed by atoms with Gasteiger partial charge >= 0.3 is 5.97 Å². The number of hydrogen-bond donors (Lipinski definition) is 2. The Kier molecular flexibility index (Phi) is 3.89. The van der Waals surface area contributed by atoms with Gasteiger partial charge in [-0.05, 0) is 13.0 Å². The summed E-state index contributed by atoms with van der Waals surface area (Å²) in [5.41, 5.74) is 1.86. The third kappa shape index (κ3) is 2.49. The lowest BCUT2D eigenvalue weighted by Gasteiger charge is -2.10. The molecule has 0 radical (unpaired) electrons. The summed E-state index contributed by atoms with van der Waals surface area (Å²) >= 11 is 6.27. The molecule has 4 nitrogen and oxygen atoms in total. The number of H-pyrrole nitrogens is 1. The minimum atomic E-state index is -0.363. The fourth-order valence-corrected chi connectivity index (χ4v) is 2.08. The van der Waals surface area contributed by atoms with E-state index in [-0.39, 0.29) is 12.0 Å². The molecule has 0 saturated carbocycles. The number of aromatic amines is 1. The molecule has 0 bridgehead atoms. The van der Waals surface area contributed by atoms with Gasteiger partial charge in [-0.25, -0.2) is 0 Å². The molecule has 0 aliphatic carbocycles. The van der Waals surface area contributed by atoms with Crippen molar-refractivity contribution in [2.24, 2.45) is 0 Å². The second-order valence-corrected chi connectivity index (χ2v) is 4.47. The van der Waals surface area contributed by atoms with Crippen molar-refractivity contribution in [3.63, 3.8) is 0 Å². The number of carbonyl (C=O) groups is 1. The summed E-state index contributed by atoms with van der Waals surface area (Å²) in [5.74, 6) is -0.290. The number of methoxy groups -OCH3 is 1. The van der Waals surface area contributed by atoms with Crippen molar-refractivity contribution in [3.05, 3.63) is 35.0 Å². The van der Waals surface area contributed by atoms with Gasteiger partial charge in [-0.1, -0.05) is 29.8 Å². The predicted octanol–water partition coefficient (Wildman–Crippen LogP) is 2.47. The third-order valence-corrected chi connectivity index (χ3v) is 3.29. The molecule has 96 valence electrons. The van der Waals surface area contributed by atoms with Gasteiger partial charge in [0.25, 0.3) is 0 Å². The maximum absolute atomic E-state index is 11.3. The highest BCUT2D eigenvalue weighted by molar-refractivity contribution is 6.36. The van der Waals surface area contributed by atoms with Crippen LogP contribution in [0.25, 0.3) is 10.9 Å². The van der Waals surface area contributed by atoms with Gasteiger partial charge in [0.05, 0.1) is 12.1 Å². The normalized spacial score (nSPS) is 12.6. The highest BCUT2D eigenvalue weighted by atomic mass is 35.5. The summed E-state index contributed by atoms with van der Waals surface area (Å²) < 4.78 is 4.64. The van der Waals surface area contributed by atoms with Crippen LogP contribution in [0.15, 0.2) is 24.3 Å². The molecular weight excluding hydrogens is 252 g/mol. The molecule has 0 aliphatic rings. The SMILES string of the molecule is COC(=O)[C@H](C)NCc1[nH]c2ccccc2c1Cl. The Bertz CT molecular complexity index is 565. The van der Waals surface area contributed by atoms with Gasteiger partial charge in [-0.2, -0.15) is 0 Å². The highest BCUT2D eigenvalue weighted by Crippen LogP contribution is 2.26. The van der Waals surface area contributed by atoms with Gasteiger partial charge in [-0.3, -0.25) is 10.1 Å². The number of ether oxygens (including phenoxy) is 1. The first kappa shape index (κ1) is 12.9. The average Bonchev–Trinajstić information content (AvgIpc) is 2.72. The molecule has 1 atom stereocenters. The molecule has 1 heterocycles. The van der Waals surface area contributed by atoms with E-state index in [0.29, 0.717) is 11.6 Å². The molecule has 2 rings (SSSR count). The number of aromatic nitrogens is 1. The van der Waals surface area contributed by atoms with E-state index in [2.05, 4.69) is 15.0 Å². The molecule has 0 unspecified atom stereocenters. The summed E-state index contributed by atoms with van der Waals surface area (Å²) in [6, 6.07) is 7.45. The van der Waals surface area contributed by atoms with Crippen LogP contribution in [0, 0.1) is 0 Å². The Morgan fingerprint density at radius 3 is 2.89 bits per heavy atom. The molecule has 18 heavy (non-hydrogen) atoms. The maximum atomic E-state index is 11.3. The van der Waals surface area contributed by atoms with Gasteiger partial charge in [0, 0.05) is 23.1 Å². The molecule has 0 amide bonds. The lowest BCUT2D eigenvalue weighted by Crippen LogP contribution is -2.34. The Hall–Kier alpha value is -1.52. The number of esters is 1. The Morgan fingerprint density at radius 1 is 1.50 bits per heavy atom. The average molecular weight is 267 g/mol. The van der Waals surface area contributed by atoms with E-state index in [0.717, 1.165) is 16.6 Å². The smallest absolute Gasteiger partial charge is 0.322 e. The van der Waals surface area contributed by atoms with E-state index < -0.39 is 0 Å². The molecule has 0 spiro atoms. The first-order valence-corrected chi connectivity index (χ1v) is 6.07. The van der Waals surface area contributed by atoms with Gasteiger partial charge in [0.1, 0.15) is 6.04 Å². The Balaban J connectivity index is 2.13. The number of carbonyl (C=O) groups excluding carboxylic acids is 1. The van der Waals surface area contributed by atoms with Crippen LogP contribution in [0.3, 0.4) is 0 Å². The molecular formula is C13H15ClN2O2. The van der Waals surface area contributed by atoms with Crippen LogP contribution in [0.4, 0.5) is 0 Å². The van der Waals surface area contributed by atoms with Crippen LogP contribution in [-0.4, -0.2) is 24.1 Å². The molecule has 0 fully saturated rings. The van der Waals surface area contributed by atoms with Crippen LogP contribution in [0.1, 0.15) is 12.6 Å². The molecule has 0 aliphatic heterocycles. The zero-order valence-corrected chi connectivity index (χ0v) is 11.0. The second-order valence-electron chi connectivity index (χ2n) is 4.09. The van der Waals surface area contributed by atoms with E-state index in [1.807, 2.05) is 24.3 Å². The zero-order chi connectivity index (χ0) is 13.1. The molecule has 1 aromatic heterocycles. The summed E-state index contributed by atoms with van der Waals surface area (Å²) in [6.07, 6.45) is 0. The fourth-order valence-electron chi connectivity index (χ4n) is 1.80. The molecule has 0 saturated heterocycles. The second kappa shape index (κ2) is 5.42. The van der Waals surface area contributed by atoms with Gasteiger partial charge in [0.15, 0.2) is 0 Å². The lowest BCUT2D eigenvalue weighted by atomic mass is 10.2. The minimum absolute atomic E-state index is 0.290. The number of benzene rings is 1. The number of rotatable bonds is 4. The van der Waals surface area contributed by atoms with E-state index in [1.165, 1.54) is 7.11 Å². The number of para-hydroxylation sites is 1. The quantitative estimate of drug-likeness (QED) is 0.836. The summed E-state index contributed by atoms with van der Waals surface area (Å²) in [4.78, 5) is 14.5. The van der Waals surface area contributed by atoms with Crippen molar-refractivity contribution in [2.45, 2.75) is 19.5 Å². The molecule has 2 aromatic rings. The Labute approximate surface area is 110 Å². The van der Waals surface area contributed by atoms with Crippen LogP contribution < -0.4 is 5.32 Å². The lowest BCUT2D eigenvalue weighted by molar-refractivity contribution is -0.142. The molecule has 5 heteroatoms. The third-order valence-electron chi connectivity index (χ3n) is 2.85. The number of hydrogen-bond acceptors (Lipinski definition) is 3. The predicted molar refractivity (Wildman–Crippen MR) is 71.6 cm³/mol. The van der Waals surface area contributed by atoms with E-state index in [4.69, 9.17) is 11.6 Å². The minimum Gasteiger partial charge on any atom is -0.468 e. The van der Waals surface area contributed by atoms with Gasteiger partial charge in [0.2, 0.25) is 0 Å². The standard InChI is InChI=1S/C13H15ClN2O2/c1-8(13(17)18-2)15-7-11-12(14)9-5-3-4-6-10(9)16-11/h3-6,8,15-16H,7H2,1-2H3/t8-/m0/s1. The van der Waals surface area contributed by atoms with Crippen molar-refractivity contribution in [3.8, 4) is 0 Å². The van der Waals surface area contributed by atoms with Crippen molar-refractivity contribution in [1.29, 1.82) is 0 Å². The topological polar surface area (TPSA) is 54.1 Å². The zero-order valence-electron chi connectivity index (χ0n) is 10.3. The highest BCUT2D eigenvalue weighted by Gasteiger charge is 2.14. The van der Waals surface area contributed by atoms with Crippen LogP contribution in [-0.2, 0) is 16.1 Å². The van der Waals surface area contributed by atoms with Crippen molar-refractivity contribution in [2.75, 3.05) is 7.11 Å². The number of halogens is 1. The first-order valence-electron chi connectivity index (χ1n) is 5.69. The summed E-state index contributed by atoms with van der Waals surface area (Å²) in [6.45, 7) is 2.24. The summed E-state index contributed by atoms with van der Waals surface area (Å²) in [7, 11) is 1.37. The molecule has 2 N–H and O–H groups in total. The first-order chi connectivity index (χ1) is 8.63. The molecule has 1 aromatic carbocycles. The Morgan fingerprint density at radius 2 is 2.22 bits per heavy atom. The van der Waals surface area contributed by atoms with E-state index in [1.54, 1.807) is 6.92 Å². The fraction of sp³-hybridized carbons (Fsp3) is 0.308. The number of nitrogens with one attached hydrogen (secondary N) is 2. The number of fused-ring (bicyclic) bond motifs is 1. The van der Waals surface area contributed by atoms with Crippen LogP contribution >= 0.6 is 11.6 Å². The largest absolute Gasteiger partial charge is 0.468 e. The van der Waals surface area contributed by atoms with Crippen molar-refractivity contribution in [1.82, 2.24) is 10.3 Å². The maximum Gasteiger partial charge on any atom is 0.322 e. The monoisotopic (exact) mass is 266 g/mol. The van der Waals surface area contributed by atoms with Crippen molar-refractivity contribution >= 4 is 28.5 Å². The summed E-state index contributed by atoms with van der Waals surface area (Å²) in [5, 5.41) is 4.74. The van der Waals surface area contributed by atoms with Crippen LogP contribution in [0.2, 0.25) is 5.02 Å².